The third kappa shape index (κ3) is 6.05. The van der Waals surface area contributed by atoms with Gasteiger partial charge in [0.1, 0.15) is 12.1 Å². The molecule has 4 aromatic rings. The van der Waals surface area contributed by atoms with Gasteiger partial charge in [-0.15, -0.1) is 0 Å². The second-order valence-electron chi connectivity index (χ2n) is 8.23. The zero-order valence-corrected chi connectivity index (χ0v) is 20.8. The summed E-state index contributed by atoms with van der Waals surface area (Å²) in [6.07, 6.45) is -1.95. The number of alkyl halides is 3. The van der Waals surface area contributed by atoms with Crippen molar-refractivity contribution in [2.75, 3.05) is 24.9 Å². The number of rotatable bonds is 8. The summed E-state index contributed by atoms with van der Waals surface area (Å²) in [5.41, 5.74) is 0.806. The van der Waals surface area contributed by atoms with Crippen molar-refractivity contribution in [2.45, 2.75) is 25.9 Å². The lowest BCUT2D eigenvalue weighted by Gasteiger charge is -2.15. The number of nitrogens with one attached hydrogen (secondary N) is 2. The van der Waals surface area contributed by atoms with Crippen LogP contribution in [0.3, 0.4) is 0 Å². The Morgan fingerprint density at radius 1 is 0.947 bits per heavy atom. The third-order valence-corrected chi connectivity index (χ3v) is 5.62. The molecule has 0 unspecified atom stereocenters. The Morgan fingerprint density at radius 3 is 2.42 bits per heavy atom. The van der Waals surface area contributed by atoms with Crippen LogP contribution in [0, 0.1) is 0 Å². The maximum absolute atomic E-state index is 13.2. The maximum atomic E-state index is 13.2. The number of aromatic nitrogens is 2. The van der Waals surface area contributed by atoms with Gasteiger partial charge in [0, 0.05) is 23.5 Å². The molecule has 0 saturated heterocycles. The summed E-state index contributed by atoms with van der Waals surface area (Å²) >= 11 is 0. The van der Waals surface area contributed by atoms with Crippen molar-refractivity contribution >= 4 is 28.3 Å². The number of halogens is 3. The minimum atomic E-state index is -4.52. The molecule has 0 saturated carbocycles. The van der Waals surface area contributed by atoms with Crippen LogP contribution < -0.4 is 24.8 Å². The SMILES string of the molecule is CCCc1ccc(C(F)(F)F)cc1NC(=O)Nc1cccc(Oc2ncnc3cc(OC)c(OC)cc23)c1. The molecule has 198 valence electrons. The number of urea groups is 1. The molecule has 2 amide bonds. The van der Waals surface area contributed by atoms with E-state index in [1.54, 1.807) is 36.4 Å². The van der Waals surface area contributed by atoms with Crippen LogP contribution in [0.1, 0.15) is 24.5 Å². The molecule has 0 bridgehead atoms. The lowest BCUT2D eigenvalue weighted by Crippen LogP contribution is -2.21. The molecule has 0 radical (unpaired) electrons. The molecule has 4 rings (SSSR count). The molecule has 0 aliphatic carbocycles. The van der Waals surface area contributed by atoms with E-state index >= 15 is 0 Å². The van der Waals surface area contributed by atoms with Crippen LogP contribution in [0.25, 0.3) is 10.9 Å². The molecular weight excluding hydrogens is 501 g/mol. The second-order valence-corrected chi connectivity index (χ2v) is 8.23. The van der Waals surface area contributed by atoms with Crippen molar-refractivity contribution in [3.05, 3.63) is 72.1 Å². The van der Waals surface area contributed by atoms with Gasteiger partial charge in [0.2, 0.25) is 5.88 Å². The smallest absolute Gasteiger partial charge is 0.416 e. The molecular formula is C27H25F3N4O4. The van der Waals surface area contributed by atoms with Crippen molar-refractivity contribution < 1.29 is 32.2 Å². The standard InChI is InChI=1S/C27H25F3N4O4/c1-4-6-16-9-10-17(27(28,29)30)11-21(16)34-26(35)33-18-7-5-8-19(12-18)38-25-20-13-23(36-2)24(37-3)14-22(20)31-15-32-25/h5,7-15H,4,6H2,1-3H3,(H2,33,34,35). The number of carbonyl (C=O) groups is 1. The molecule has 0 fully saturated rings. The van der Waals surface area contributed by atoms with Crippen LogP contribution in [0.15, 0.2) is 60.9 Å². The monoisotopic (exact) mass is 526 g/mol. The highest BCUT2D eigenvalue weighted by Crippen LogP contribution is 2.36. The zero-order valence-electron chi connectivity index (χ0n) is 20.8. The van der Waals surface area contributed by atoms with Gasteiger partial charge in [-0.2, -0.15) is 13.2 Å². The van der Waals surface area contributed by atoms with E-state index in [-0.39, 0.29) is 11.6 Å². The Kier molecular flexibility index (Phi) is 7.85. The van der Waals surface area contributed by atoms with Crippen LogP contribution in [0.5, 0.6) is 23.1 Å². The van der Waals surface area contributed by atoms with Crippen LogP contribution in [-0.4, -0.2) is 30.2 Å². The fraction of sp³-hybridized carbons (Fsp3) is 0.222. The van der Waals surface area contributed by atoms with Crippen molar-refractivity contribution in [3.8, 4) is 23.1 Å². The fourth-order valence-corrected chi connectivity index (χ4v) is 3.83. The number of hydrogen-bond acceptors (Lipinski definition) is 6. The Balaban J connectivity index is 1.54. The quantitative estimate of drug-likeness (QED) is 0.255. The number of amides is 2. The first-order valence-corrected chi connectivity index (χ1v) is 11.6. The van der Waals surface area contributed by atoms with Crippen LogP contribution >= 0.6 is 0 Å². The molecule has 1 heterocycles. The molecule has 38 heavy (non-hydrogen) atoms. The summed E-state index contributed by atoms with van der Waals surface area (Å²) in [6, 6.07) is 12.5. The van der Waals surface area contributed by atoms with Crippen LogP contribution in [0.2, 0.25) is 0 Å². The molecule has 0 aliphatic rings. The average Bonchev–Trinajstić information content (AvgIpc) is 2.88. The summed E-state index contributed by atoms with van der Waals surface area (Å²) in [5, 5.41) is 5.75. The van der Waals surface area contributed by atoms with E-state index in [4.69, 9.17) is 14.2 Å². The lowest BCUT2D eigenvalue weighted by atomic mass is 10.0. The number of hydrogen-bond donors (Lipinski definition) is 2. The number of anilines is 2. The van der Waals surface area contributed by atoms with E-state index in [0.29, 0.717) is 52.2 Å². The summed E-state index contributed by atoms with van der Waals surface area (Å²) in [6.45, 7) is 1.90. The Labute approximate surface area is 216 Å². The number of methoxy groups -OCH3 is 2. The molecule has 0 atom stereocenters. The first-order valence-electron chi connectivity index (χ1n) is 11.6. The van der Waals surface area contributed by atoms with Gasteiger partial charge in [-0.25, -0.2) is 14.8 Å². The summed E-state index contributed by atoms with van der Waals surface area (Å²) < 4.78 is 56.3. The highest BCUT2D eigenvalue weighted by atomic mass is 19.4. The van der Waals surface area contributed by atoms with E-state index in [2.05, 4.69) is 20.6 Å². The number of fused-ring (bicyclic) bond motifs is 1. The minimum absolute atomic E-state index is 0.100. The van der Waals surface area contributed by atoms with Crippen molar-refractivity contribution in [1.82, 2.24) is 9.97 Å². The third-order valence-electron chi connectivity index (χ3n) is 5.62. The predicted molar refractivity (Wildman–Crippen MR) is 137 cm³/mol. The number of carbonyl (C=O) groups excluding carboxylic acids is 1. The fourth-order valence-electron chi connectivity index (χ4n) is 3.83. The normalized spacial score (nSPS) is 11.2. The van der Waals surface area contributed by atoms with Crippen molar-refractivity contribution in [2.24, 2.45) is 0 Å². The van der Waals surface area contributed by atoms with Gasteiger partial charge in [0.05, 0.1) is 30.7 Å². The molecule has 2 N–H and O–H groups in total. The molecule has 0 aliphatic heterocycles. The van der Waals surface area contributed by atoms with Gasteiger partial charge in [0.15, 0.2) is 11.5 Å². The van der Waals surface area contributed by atoms with Gasteiger partial charge in [-0.1, -0.05) is 25.5 Å². The average molecular weight is 527 g/mol. The molecule has 8 nitrogen and oxygen atoms in total. The number of ether oxygens (including phenoxy) is 3. The Bertz CT molecular complexity index is 1460. The lowest BCUT2D eigenvalue weighted by molar-refractivity contribution is -0.137. The van der Waals surface area contributed by atoms with E-state index in [9.17, 15) is 18.0 Å². The Hall–Kier alpha value is -4.54. The first-order chi connectivity index (χ1) is 18.2. The van der Waals surface area contributed by atoms with Gasteiger partial charge < -0.3 is 24.8 Å². The van der Waals surface area contributed by atoms with Crippen LogP contribution in [-0.2, 0) is 12.6 Å². The minimum Gasteiger partial charge on any atom is -0.493 e. The molecule has 3 aromatic carbocycles. The largest absolute Gasteiger partial charge is 0.493 e. The summed E-state index contributed by atoms with van der Waals surface area (Å²) in [5.74, 6) is 1.60. The van der Waals surface area contributed by atoms with Crippen LogP contribution in [0.4, 0.5) is 29.3 Å². The molecule has 1 aromatic heterocycles. The summed E-state index contributed by atoms with van der Waals surface area (Å²) in [4.78, 5) is 21.1. The van der Waals surface area contributed by atoms with Crippen molar-refractivity contribution in [1.29, 1.82) is 0 Å². The number of benzene rings is 3. The second kappa shape index (κ2) is 11.2. The molecule has 0 spiro atoms. The van der Waals surface area contributed by atoms with Gasteiger partial charge >= 0.3 is 12.2 Å². The Morgan fingerprint density at radius 2 is 1.71 bits per heavy atom. The molecule has 11 heteroatoms. The van der Waals surface area contributed by atoms with Gasteiger partial charge in [-0.3, -0.25) is 0 Å². The summed E-state index contributed by atoms with van der Waals surface area (Å²) in [7, 11) is 3.04. The van der Waals surface area contributed by atoms with Crippen molar-refractivity contribution in [3.63, 3.8) is 0 Å². The topological polar surface area (TPSA) is 94.6 Å². The first kappa shape index (κ1) is 26.5. The van der Waals surface area contributed by atoms with Gasteiger partial charge in [0.25, 0.3) is 0 Å². The van der Waals surface area contributed by atoms with Gasteiger partial charge in [-0.05, 0) is 42.3 Å². The van der Waals surface area contributed by atoms with E-state index < -0.39 is 17.8 Å². The number of aryl methyl sites for hydroxylation is 1. The maximum Gasteiger partial charge on any atom is 0.416 e. The van der Waals surface area contributed by atoms with E-state index in [1.807, 2.05) is 6.92 Å². The van der Waals surface area contributed by atoms with E-state index in [1.165, 1.54) is 26.6 Å². The van der Waals surface area contributed by atoms with E-state index in [0.717, 1.165) is 12.1 Å². The number of nitrogens with zero attached hydrogens (tertiary/aromatic N) is 2. The predicted octanol–water partition coefficient (Wildman–Crippen LogP) is 7.05. The highest BCUT2D eigenvalue weighted by Gasteiger charge is 2.31. The highest BCUT2D eigenvalue weighted by molar-refractivity contribution is 6.00. The zero-order chi connectivity index (χ0) is 27.3.